The highest BCUT2D eigenvalue weighted by molar-refractivity contribution is 5.91. The van der Waals surface area contributed by atoms with E-state index in [1.165, 1.54) is 9.58 Å². The van der Waals surface area contributed by atoms with Crippen LogP contribution < -0.4 is 0 Å². The number of hydrogen-bond donors (Lipinski definition) is 0. The molecule has 0 aliphatic carbocycles. The zero-order valence-electron chi connectivity index (χ0n) is 15.5. The number of hydrogen-bond acceptors (Lipinski definition) is 5. The number of amides is 1. The zero-order chi connectivity index (χ0) is 19.9. The molecule has 1 aliphatic heterocycles. The number of pyridine rings is 1. The minimum atomic E-state index is -2.73. The lowest BCUT2D eigenvalue weighted by Crippen LogP contribution is -2.43. The van der Waals surface area contributed by atoms with Gasteiger partial charge < -0.3 is 9.47 Å². The monoisotopic (exact) mass is 387 g/mol. The number of halogens is 2. The summed E-state index contributed by atoms with van der Waals surface area (Å²) in [5.41, 5.74) is 2.01. The first-order chi connectivity index (χ1) is 13.3. The maximum atomic E-state index is 13.4. The lowest BCUT2D eigenvalue weighted by molar-refractivity contribution is -0.0496. The molecule has 0 radical (unpaired) electrons. The minimum Gasteiger partial charge on any atom is -0.340 e. The van der Waals surface area contributed by atoms with Crippen molar-refractivity contribution < 1.29 is 13.6 Å². The molecule has 1 saturated heterocycles. The van der Waals surface area contributed by atoms with Gasteiger partial charge >= 0.3 is 0 Å². The van der Waals surface area contributed by atoms with Gasteiger partial charge in [-0.2, -0.15) is 0 Å². The van der Waals surface area contributed by atoms with Crippen LogP contribution in [0.15, 0.2) is 30.9 Å². The molecule has 28 heavy (non-hydrogen) atoms. The fourth-order valence-corrected chi connectivity index (χ4v) is 3.04. The summed E-state index contributed by atoms with van der Waals surface area (Å²) in [6.45, 7) is 1.82. The first-order valence-corrected chi connectivity index (χ1v) is 8.88. The molecule has 0 unspecified atom stereocenters. The van der Waals surface area contributed by atoms with Gasteiger partial charge in [-0.15, -0.1) is 5.10 Å². The zero-order valence-corrected chi connectivity index (χ0v) is 15.5. The number of imidazole rings is 1. The molecule has 0 spiro atoms. The fourth-order valence-electron chi connectivity index (χ4n) is 3.04. The number of aromatic nitrogens is 6. The number of piperidine rings is 1. The predicted molar refractivity (Wildman–Crippen MR) is 96.2 cm³/mol. The fraction of sp³-hybridized carbons (Fsp3) is 0.389. The van der Waals surface area contributed by atoms with Crippen molar-refractivity contribution in [1.29, 1.82) is 0 Å². The number of alkyl halides is 2. The van der Waals surface area contributed by atoms with Crippen LogP contribution in [0.3, 0.4) is 0 Å². The molecule has 0 N–H and O–H groups in total. The van der Waals surface area contributed by atoms with Crippen LogP contribution in [0.2, 0.25) is 0 Å². The Labute approximate surface area is 159 Å². The Morgan fingerprint density at radius 3 is 2.54 bits per heavy atom. The quantitative estimate of drug-likeness (QED) is 0.688. The summed E-state index contributed by atoms with van der Waals surface area (Å²) in [4.78, 5) is 27.1. The van der Waals surface area contributed by atoms with Crippen molar-refractivity contribution in [2.24, 2.45) is 7.05 Å². The summed E-state index contributed by atoms with van der Waals surface area (Å²) in [6.07, 6.45) is 4.31. The van der Waals surface area contributed by atoms with Gasteiger partial charge in [-0.1, -0.05) is 0 Å². The van der Waals surface area contributed by atoms with Crippen molar-refractivity contribution in [2.75, 3.05) is 13.1 Å². The van der Waals surface area contributed by atoms with Crippen molar-refractivity contribution in [2.45, 2.75) is 25.7 Å². The van der Waals surface area contributed by atoms with Gasteiger partial charge in [0.15, 0.2) is 5.82 Å². The maximum absolute atomic E-state index is 13.4. The van der Waals surface area contributed by atoms with Crippen LogP contribution in [0, 0.1) is 6.92 Å². The van der Waals surface area contributed by atoms with Crippen LogP contribution in [0.4, 0.5) is 8.78 Å². The third kappa shape index (κ3) is 3.49. The minimum absolute atomic E-state index is 0.0224. The molecule has 146 valence electrons. The van der Waals surface area contributed by atoms with Gasteiger partial charge in [0, 0.05) is 44.9 Å². The standard InChI is InChI=1S/C18H19F2N7O/c1-12-3-4-13(9-21-12)27-16(14-10-25(2)11-22-14)23-15(24-27)17(28)26-7-5-18(19,20)6-8-26/h3-4,9-11H,5-8H2,1-2H3. The van der Waals surface area contributed by atoms with E-state index in [-0.39, 0.29) is 31.8 Å². The van der Waals surface area contributed by atoms with Gasteiger partial charge in [0.1, 0.15) is 5.69 Å². The van der Waals surface area contributed by atoms with E-state index in [0.29, 0.717) is 17.2 Å². The number of nitrogens with zero attached hydrogens (tertiary/aromatic N) is 7. The lowest BCUT2D eigenvalue weighted by Gasteiger charge is -2.30. The molecule has 1 amide bonds. The van der Waals surface area contributed by atoms with Crippen molar-refractivity contribution in [3.8, 4) is 17.2 Å². The van der Waals surface area contributed by atoms with Crippen LogP contribution in [-0.4, -0.2) is 59.1 Å². The summed E-state index contributed by atoms with van der Waals surface area (Å²) in [5.74, 6) is -2.86. The van der Waals surface area contributed by atoms with Gasteiger partial charge in [-0.05, 0) is 19.1 Å². The maximum Gasteiger partial charge on any atom is 0.293 e. The first-order valence-electron chi connectivity index (χ1n) is 8.88. The highest BCUT2D eigenvalue weighted by Crippen LogP contribution is 2.28. The summed E-state index contributed by atoms with van der Waals surface area (Å²) in [6, 6.07) is 3.65. The predicted octanol–water partition coefficient (Wildman–Crippen LogP) is 2.24. The first kappa shape index (κ1) is 18.2. The van der Waals surface area contributed by atoms with E-state index in [4.69, 9.17) is 0 Å². The SMILES string of the molecule is Cc1ccc(-n2nc(C(=O)N3CCC(F)(F)CC3)nc2-c2cn(C)cn2)cn1. The third-order valence-electron chi connectivity index (χ3n) is 4.65. The van der Waals surface area contributed by atoms with E-state index in [9.17, 15) is 13.6 Å². The second-order valence-electron chi connectivity index (χ2n) is 6.90. The van der Waals surface area contributed by atoms with Gasteiger partial charge in [0.05, 0.1) is 18.2 Å². The van der Waals surface area contributed by atoms with Crippen molar-refractivity contribution in [3.05, 3.63) is 42.4 Å². The molecule has 1 aliphatic rings. The molecule has 4 rings (SSSR count). The number of rotatable bonds is 3. The van der Waals surface area contributed by atoms with Crippen molar-refractivity contribution in [1.82, 2.24) is 34.2 Å². The molecule has 3 aromatic rings. The smallest absolute Gasteiger partial charge is 0.293 e. The number of likely N-dealkylation sites (tertiary alicyclic amines) is 1. The number of aryl methyl sites for hydroxylation is 2. The normalized spacial score (nSPS) is 16.4. The van der Waals surface area contributed by atoms with Crippen molar-refractivity contribution in [3.63, 3.8) is 0 Å². The summed E-state index contributed by atoms with van der Waals surface area (Å²) < 4.78 is 30.1. The van der Waals surface area contributed by atoms with E-state index >= 15 is 0 Å². The highest BCUT2D eigenvalue weighted by atomic mass is 19.3. The third-order valence-corrected chi connectivity index (χ3v) is 4.65. The van der Waals surface area contributed by atoms with E-state index in [1.807, 2.05) is 26.1 Å². The van der Waals surface area contributed by atoms with E-state index < -0.39 is 11.8 Å². The molecule has 0 bridgehead atoms. The number of carbonyl (C=O) groups excluding carboxylic acids is 1. The molecule has 0 saturated carbocycles. The summed E-state index contributed by atoms with van der Waals surface area (Å²) >= 11 is 0. The van der Waals surface area contributed by atoms with Gasteiger partial charge in [0.25, 0.3) is 11.8 Å². The van der Waals surface area contributed by atoms with Crippen molar-refractivity contribution >= 4 is 5.91 Å². The average molecular weight is 387 g/mol. The summed E-state index contributed by atoms with van der Waals surface area (Å²) in [5, 5.41) is 4.34. The molecule has 0 atom stereocenters. The molecule has 8 nitrogen and oxygen atoms in total. The highest BCUT2D eigenvalue weighted by Gasteiger charge is 2.37. The van der Waals surface area contributed by atoms with Gasteiger partial charge in [-0.25, -0.2) is 23.4 Å². The average Bonchev–Trinajstić information content (AvgIpc) is 3.28. The second-order valence-corrected chi connectivity index (χ2v) is 6.90. The Balaban J connectivity index is 1.71. The van der Waals surface area contributed by atoms with E-state index in [1.54, 1.807) is 23.3 Å². The molecule has 4 heterocycles. The van der Waals surface area contributed by atoms with Crippen LogP contribution >= 0.6 is 0 Å². The Bertz CT molecular complexity index is 999. The number of carbonyl (C=O) groups is 1. The van der Waals surface area contributed by atoms with Crippen LogP contribution in [0.1, 0.15) is 29.2 Å². The van der Waals surface area contributed by atoms with Crippen LogP contribution in [0.5, 0.6) is 0 Å². The Morgan fingerprint density at radius 2 is 1.93 bits per heavy atom. The molecular formula is C18H19F2N7O. The van der Waals surface area contributed by atoms with Gasteiger partial charge in [-0.3, -0.25) is 9.78 Å². The second kappa shape index (κ2) is 6.77. The Morgan fingerprint density at radius 1 is 1.18 bits per heavy atom. The van der Waals surface area contributed by atoms with E-state index in [2.05, 4.69) is 20.1 Å². The Kier molecular flexibility index (Phi) is 4.40. The van der Waals surface area contributed by atoms with Crippen LogP contribution in [-0.2, 0) is 7.05 Å². The lowest BCUT2D eigenvalue weighted by atomic mass is 10.1. The molecular weight excluding hydrogens is 368 g/mol. The molecule has 10 heteroatoms. The topological polar surface area (TPSA) is 81.7 Å². The van der Waals surface area contributed by atoms with E-state index in [0.717, 1.165) is 5.69 Å². The summed E-state index contributed by atoms with van der Waals surface area (Å²) in [7, 11) is 1.82. The Hall–Kier alpha value is -3.17. The van der Waals surface area contributed by atoms with Crippen LogP contribution in [0.25, 0.3) is 17.2 Å². The molecule has 3 aromatic heterocycles. The molecule has 0 aromatic carbocycles. The van der Waals surface area contributed by atoms with Gasteiger partial charge in [0.2, 0.25) is 5.82 Å². The largest absolute Gasteiger partial charge is 0.340 e. The molecule has 1 fully saturated rings.